The molecule has 0 amide bonds. The van der Waals surface area contributed by atoms with Crippen LogP contribution in [0.1, 0.15) is 29.2 Å². The van der Waals surface area contributed by atoms with E-state index in [-0.39, 0.29) is 27.8 Å². The maximum absolute atomic E-state index is 12.0. The molecule has 0 aliphatic heterocycles. The predicted octanol–water partition coefficient (Wildman–Crippen LogP) is 11.4. The van der Waals surface area contributed by atoms with Crippen molar-refractivity contribution in [3.8, 4) is 11.5 Å². The van der Waals surface area contributed by atoms with Crippen molar-refractivity contribution in [3.63, 3.8) is 0 Å². The fraction of sp³-hybridized carbons (Fsp3) is 0.106. The van der Waals surface area contributed by atoms with Crippen LogP contribution in [0.5, 0.6) is 11.5 Å². The second-order valence-electron chi connectivity index (χ2n) is 12.4. The minimum absolute atomic E-state index is 0.219. The summed E-state index contributed by atoms with van der Waals surface area (Å²) in [6.07, 6.45) is 1.19. The smallest absolute Gasteiger partial charge is 0.338 e. The second-order valence-corrected chi connectivity index (χ2v) is 16.5. The second kappa shape index (κ2) is 18.3. The Kier molecular flexibility index (Phi) is 13.3. The summed E-state index contributed by atoms with van der Waals surface area (Å²) in [4.78, 5) is 31.0. The molecule has 0 bridgehead atoms. The lowest BCUT2D eigenvalue weighted by molar-refractivity contribution is -0.130. The Morgan fingerprint density at radius 3 is 1.04 bits per heavy atom. The molecule has 0 heterocycles. The number of hydrogen-bond donors (Lipinski definition) is 0. The topological polar surface area (TPSA) is 52.6 Å². The first kappa shape index (κ1) is 38.7. The lowest BCUT2D eigenvalue weighted by Gasteiger charge is -2.13. The maximum atomic E-state index is 12.0. The van der Waals surface area contributed by atoms with Gasteiger partial charge in [0.15, 0.2) is 29.4 Å². The van der Waals surface area contributed by atoms with E-state index < -0.39 is 5.97 Å². The molecule has 0 atom stereocenters. The third-order valence-electron chi connectivity index (χ3n) is 8.17. The fourth-order valence-corrected chi connectivity index (χ4v) is 10.3. The molecule has 6 aromatic carbocycles. The zero-order chi connectivity index (χ0) is 37.9. The van der Waals surface area contributed by atoms with Gasteiger partial charge in [0.05, 0.1) is 21.8 Å². The minimum Gasteiger partial charge on any atom is -0.423 e. The number of carbonyl (C=O) groups is 2. The third-order valence-corrected chi connectivity index (χ3v) is 12.6. The van der Waals surface area contributed by atoms with Crippen molar-refractivity contribution < 1.29 is 19.1 Å². The fourth-order valence-electron chi connectivity index (χ4n) is 5.74. The van der Waals surface area contributed by atoms with Crippen molar-refractivity contribution in [2.45, 2.75) is 64.0 Å². The zero-order valence-corrected chi connectivity index (χ0v) is 32.4. The van der Waals surface area contributed by atoms with Gasteiger partial charge in [-0.15, -0.1) is 0 Å². The van der Waals surface area contributed by atoms with Crippen LogP contribution in [0.15, 0.2) is 200 Å². The normalized spacial score (nSPS) is 10.6. The average molecular weight is 737 g/mol. The number of carbonyl (C=O) groups excluding carboxylic acids is 2. The van der Waals surface area contributed by atoms with Gasteiger partial charge in [-0.1, -0.05) is 86.0 Å². The van der Waals surface area contributed by atoms with Gasteiger partial charge < -0.3 is 9.47 Å². The number of esters is 2. The minimum atomic E-state index is -0.436. The Morgan fingerprint density at radius 1 is 0.491 bits per heavy atom. The summed E-state index contributed by atoms with van der Waals surface area (Å²) < 4.78 is 11.0. The molecule has 0 saturated carbocycles. The third kappa shape index (κ3) is 9.86. The highest BCUT2D eigenvalue weighted by Crippen LogP contribution is 2.37. The van der Waals surface area contributed by atoms with E-state index in [4.69, 9.17) is 9.47 Å². The van der Waals surface area contributed by atoms with E-state index in [1.807, 2.05) is 52.0 Å². The molecule has 53 heavy (non-hydrogen) atoms. The molecule has 0 aromatic heterocycles. The Balaban J connectivity index is 0.000000204. The molecule has 0 unspecified atom stereocenters. The van der Waals surface area contributed by atoms with Crippen LogP contribution in [-0.2, 0) is 31.4 Å². The lowest BCUT2D eigenvalue weighted by Crippen LogP contribution is -2.11. The molecule has 0 aliphatic rings. The molecule has 0 radical (unpaired) electrons. The molecule has 6 aromatic rings. The first-order valence-corrected chi connectivity index (χ1v) is 19.7. The summed E-state index contributed by atoms with van der Waals surface area (Å²) in [7, 11) is -0.442. The quantitative estimate of drug-likeness (QED) is 0.0608. The van der Waals surface area contributed by atoms with E-state index in [0.29, 0.717) is 17.1 Å². The van der Waals surface area contributed by atoms with Crippen LogP contribution in [0.4, 0.5) is 0 Å². The highest BCUT2D eigenvalue weighted by Gasteiger charge is 2.31. The van der Waals surface area contributed by atoms with E-state index in [9.17, 15) is 9.59 Å². The monoisotopic (exact) mass is 736 g/mol. The van der Waals surface area contributed by atoms with Gasteiger partial charge in [-0.25, -0.2) is 9.59 Å². The molecule has 0 N–H and O–H groups in total. The molecule has 0 saturated heterocycles. The Hall–Kier alpha value is -5.56. The Labute approximate surface area is 319 Å². The van der Waals surface area contributed by atoms with Gasteiger partial charge in [0, 0.05) is 35.9 Å². The van der Waals surface area contributed by atoms with Crippen molar-refractivity contribution in [2.24, 2.45) is 0 Å². The molecular weight excluding hydrogens is 693 g/mol. The molecule has 6 rings (SSSR count). The van der Waals surface area contributed by atoms with Gasteiger partial charge in [-0.3, -0.25) is 0 Å². The van der Waals surface area contributed by atoms with Crippen LogP contribution in [0.2, 0.25) is 0 Å². The Bertz CT molecular complexity index is 2070. The summed E-state index contributed by atoms with van der Waals surface area (Å²) in [6, 6.07) is 50.4. The van der Waals surface area contributed by atoms with E-state index in [0.717, 1.165) is 22.3 Å². The van der Waals surface area contributed by atoms with Crippen molar-refractivity contribution >= 4 is 33.7 Å². The van der Waals surface area contributed by atoms with E-state index in [1.54, 1.807) is 6.92 Å². The zero-order valence-electron chi connectivity index (χ0n) is 30.8. The van der Waals surface area contributed by atoms with Crippen molar-refractivity contribution in [3.05, 3.63) is 193 Å². The number of hydrogen-bond acceptors (Lipinski definition) is 4. The van der Waals surface area contributed by atoms with E-state index in [2.05, 4.69) is 134 Å². The van der Waals surface area contributed by atoms with Crippen LogP contribution >= 0.6 is 0 Å². The van der Waals surface area contributed by atoms with Crippen molar-refractivity contribution in [1.29, 1.82) is 0 Å². The molecule has 4 nitrogen and oxygen atoms in total. The van der Waals surface area contributed by atoms with E-state index >= 15 is 0 Å². The average Bonchev–Trinajstić information content (AvgIpc) is 3.16. The molecule has 0 aliphatic carbocycles. The van der Waals surface area contributed by atoms with Crippen molar-refractivity contribution in [2.75, 3.05) is 0 Å². The van der Waals surface area contributed by atoms with Gasteiger partial charge in [0.25, 0.3) is 0 Å². The van der Waals surface area contributed by atoms with E-state index in [1.165, 1.54) is 35.4 Å². The summed E-state index contributed by atoms with van der Waals surface area (Å²) in [5.74, 6) is 0.410. The molecule has 0 spiro atoms. The maximum Gasteiger partial charge on any atom is 0.338 e. The van der Waals surface area contributed by atoms with Crippen LogP contribution in [0.3, 0.4) is 0 Å². The van der Waals surface area contributed by atoms with Gasteiger partial charge in [0.1, 0.15) is 11.5 Å². The largest absolute Gasteiger partial charge is 0.423 e. The lowest BCUT2D eigenvalue weighted by atomic mass is 10.1. The highest BCUT2D eigenvalue weighted by atomic mass is 32.2. The van der Waals surface area contributed by atoms with Crippen LogP contribution in [0, 0.1) is 27.7 Å². The first-order valence-electron chi connectivity index (χ1n) is 17.2. The Morgan fingerprint density at radius 2 is 0.774 bits per heavy atom. The number of rotatable bonds is 10. The molecule has 6 heteroatoms. The number of benzene rings is 6. The summed E-state index contributed by atoms with van der Waals surface area (Å²) in [6.45, 7) is 16.7. The molecule has 266 valence electrons. The number of aryl methyl sites for hydroxylation is 4. The van der Waals surface area contributed by atoms with Crippen LogP contribution < -0.4 is 9.47 Å². The summed E-state index contributed by atoms with van der Waals surface area (Å²) in [5, 5.41) is 0. The van der Waals surface area contributed by atoms with Gasteiger partial charge in [-0.05, 0) is 105 Å². The standard InChI is InChI=1S/C24H23O2S.C23H21O2S/c1-17(2)24(25)26-23-18(3)15-22(16-19(23)4)27(20-11-7-5-8-12-20)21-13-9-6-10-14-21;1-4-22(24)25-23-17(2)15-21(16-18(23)3)26(19-11-7-5-8-12-19)20-13-9-6-10-14-20/h5-16H,1H2,2-4H3;4-16H,1H2,2-3H3/q2*+1. The highest BCUT2D eigenvalue weighted by molar-refractivity contribution is 7.97. The first-order chi connectivity index (χ1) is 25.6. The summed E-state index contributed by atoms with van der Waals surface area (Å²) >= 11 is 0. The van der Waals surface area contributed by atoms with Crippen LogP contribution in [0.25, 0.3) is 0 Å². The van der Waals surface area contributed by atoms with Crippen LogP contribution in [-0.4, -0.2) is 11.9 Å². The predicted molar refractivity (Wildman–Crippen MR) is 218 cm³/mol. The van der Waals surface area contributed by atoms with Gasteiger partial charge >= 0.3 is 11.9 Å². The molecule has 0 fully saturated rings. The van der Waals surface area contributed by atoms with Gasteiger partial charge in [-0.2, -0.15) is 0 Å². The molecular formula is C47H44O4S2+2. The van der Waals surface area contributed by atoms with Gasteiger partial charge in [0.2, 0.25) is 0 Å². The SMILES string of the molecule is C=C(C)C(=O)Oc1c(C)cc([S+](c2ccccc2)c2ccccc2)cc1C.C=CC(=O)Oc1c(C)cc([S+](c2ccccc2)c2ccccc2)cc1C. The summed E-state index contributed by atoms with van der Waals surface area (Å²) in [5.41, 5.74) is 4.18. The number of ether oxygens (including phenoxy) is 2. The van der Waals surface area contributed by atoms with Crippen molar-refractivity contribution in [1.82, 2.24) is 0 Å².